The highest BCUT2D eigenvalue weighted by Crippen LogP contribution is 2.44. The molecule has 2 aromatic heterocycles. The Labute approximate surface area is 149 Å². The highest BCUT2D eigenvalue weighted by molar-refractivity contribution is 14.1. The highest BCUT2D eigenvalue weighted by atomic mass is 127. The smallest absolute Gasteiger partial charge is 0.141 e. The zero-order valence-corrected chi connectivity index (χ0v) is 15.6. The summed E-state index contributed by atoms with van der Waals surface area (Å²) >= 11 is 16.5. The molecule has 0 aliphatic heterocycles. The quantitative estimate of drug-likeness (QED) is 0.377. The van der Waals surface area contributed by atoms with E-state index >= 15 is 0 Å². The molecule has 108 valence electrons. The van der Waals surface area contributed by atoms with Gasteiger partial charge < -0.3 is 4.74 Å². The van der Waals surface area contributed by atoms with Crippen LogP contribution in [0.1, 0.15) is 5.56 Å². The third-order valence-electron chi connectivity index (χ3n) is 3.24. The van der Waals surface area contributed by atoms with Crippen LogP contribution < -0.4 is 4.74 Å². The van der Waals surface area contributed by atoms with Gasteiger partial charge in [-0.05, 0) is 46.7 Å². The standard InChI is InChI=1S/C14H9Cl2IN2OS/c1-6-7(3-4-8(20-2)11(6)15)9-10-12(16)18-5-19-14(10)21-13(9)17/h3-5H,1-2H3. The third kappa shape index (κ3) is 2.50. The first-order valence-electron chi connectivity index (χ1n) is 5.96. The van der Waals surface area contributed by atoms with Crippen LogP contribution in [0.4, 0.5) is 0 Å². The van der Waals surface area contributed by atoms with Gasteiger partial charge in [-0.2, -0.15) is 0 Å². The number of aromatic nitrogens is 2. The number of hydrogen-bond donors (Lipinski definition) is 0. The SMILES string of the molecule is COc1ccc(-c2c(I)sc3ncnc(Cl)c23)c(C)c1Cl. The molecule has 21 heavy (non-hydrogen) atoms. The van der Waals surface area contributed by atoms with Crippen LogP contribution >= 0.6 is 57.1 Å². The van der Waals surface area contributed by atoms with Crippen molar-refractivity contribution < 1.29 is 4.74 Å². The van der Waals surface area contributed by atoms with Gasteiger partial charge in [-0.3, -0.25) is 0 Å². The Bertz CT molecular complexity index is 851. The monoisotopic (exact) mass is 450 g/mol. The van der Waals surface area contributed by atoms with E-state index in [4.69, 9.17) is 27.9 Å². The first-order chi connectivity index (χ1) is 10.0. The molecule has 3 aromatic rings. The normalized spacial score (nSPS) is 11.1. The van der Waals surface area contributed by atoms with Crippen molar-refractivity contribution in [3.05, 3.63) is 37.1 Å². The summed E-state index contributed by atoms with van der Waals surface area (Å²) in [6.07, 6.45) is 1.48. The van der Waals surface area contributed by atoms with E-state index in [0.29, 0.717) is 15.9 Å². The van der Waals surface area contributed by atoms with E-state index in [2.05, 4.69) is 32.6 Å². The lowest BCUT2D eigenvalue weighted by Gasteiger charge is -2.11. The van der Waals surface area contributed by atoms with Crippen LogP contribution in [0.3, 0.4) is 0 Å². The summed E-state index contributed by atoms with van der Waals surface area (Å²) < 4.78 is 6.36. The lowest BCUT2D eigenvalue weighted by Crippen LogP contribution is -1.91. The van der Waals surface area contributed by atoms with Crippen LogP contribution in [-0.4, -0.2) is 17.1 Å². The molecule has 2 heterocycles. The minimum Gasteiger partial charge on any atom is -0.495 e. The zero-order chi connectivity index (χ0) is 15.1. The van der Waals surface area contributed by atoms with Crippen molar-refractivity contribution in [3.8, 4) is 16.9 Å². The van der Waals surface area contributed by atoms with Crippen LogP contribution in [-0.2, 0) is 0 Å². The number of nitrogens with zero attached hydrogens (tertiary/aromatic N) is 2. The van der Waals surface area contributed by atoms with Crippen molar-refractivity contribution in [1.29, 1.82) is 0 Å². The van der Waals surface area contributed by atoms with Crippen LogP contribution in [0.15, 0.2) is 18.5 Å². The van der Waals surface area contributed by atoms with Crippen molar-refractivity contribution in [2.24, 2.45) is 0 Å². The predicted molar refractivity (Wildman–Crippen MR) is 96.9 cm³/mol. The van der Waals surface area contributed by atoms with Crippen LogP contribution in [0.25, 0.3) is 21.3 Å². The van der Waals surface area contributed by atoms with E-state index in [1.807, 2.05) is 19.1 Å². The topological polar surface area (TPSA) is 35.0 Å². The van der Waals surface area contributed by atoms with Crippen LogP contribution in [0.5, 0.6) is 5.75 Å². The minimum atomic E-state index is 0.459. The van der Waals surface area contributed by atoms with Crippen molar-refractivity contribution in [1.82, 2.24) is 9.97 Å². The molecule has 0 aliphatic rings. The fourth-order valence-electron chi connectivity index (χ4n) is 2.20. The zero-order valence-electron chi connectivity index (χ0n) is 11.1. The Morgan fingerprint density at radius 3 is 2.71 bits per heavy atom. The average Bonchev–Trinajstić information content (AvgIpc) is 2.79. The van der Waals surface area contributed by atoms with Crippen LogP contribution in [0, 0.1) is 9.81 Å². The number of rotatable bonds is 2. The van der Waals surface area contributed by atoms with E-state index in [1.165, 1.54) is 6.33 Å². The van der Waals surface area contributed by atoms with Crippen molar-refractivity contribution in [3.63, 3.8) is 0 Å². The van der Waals surface area contributed by atoms with Crippen LogP contribution in [0.2, 0.25) is 10.2 Å². The number of halogens is 3. The molecule has 3 nitrogen and oxygen atoms in total. The van der Waals surface area contributed by atoms with Gasteiger partial charge in [0.15, 0.2) is 0 Å². The van der Waals surface area contributed by atoms with Crippen molar-refractivity contribution in [2.45, 2.75) is 6.92 Å². The van der Waals surface area contributed by atoms with Crippen molar-refractivity contribution >= 4 is 67.3 Å². The van der Waals surface area contributed by atoms with E-state index in [0.717, 1.165) is 29.8 Å². The third-order valence-corrected chi connectivity index (χ3v) is 6.08. The molecule has 0 amide bonds. The van der Waals surface area contributed by atoms with E-state index in [9.17, 15) is 0 Å². The summed E-state index contributed by atoms with van der Waals surface area (Å²) in [6.45, 7) is 1.97. The molecule has 0 spiro atoms. The molecule has 0 fully saturated rings. The van der Waals surface area contributed by atoms with Gasteiger partial charge in [0.1, 0.15) is 22.1 Å². The molecular weight excluding hydrogens is 442 g/mol. The summed E-state index contributed by atoms with van der Waals surface area (Å²) in [6, 6.07) is 3.86. The molecule has 0 aliphatic carbocycles. The first kappa shape index (κ1) is 15.3. The maximum Gasteiger partial charge on any atom is 0.141 e. The second-order valence-electron chi connectivity index (χ2n) is 4.35. The number of ether oxygens (including phenoxy) is 1. The van der Waals surface area contributed by atoms with Gasteiger partial charge in [0, 0.05) is 5.56 Å². The van der Waals surface area contributed by atoms with Gasteiger partial charge in [0.05, 0.1) is 20.4 Å². The Hall–Kier alpha value is -0.630. The first-order valence-corrected chi connectivity index (χ1v) is 8.61. The molecular formula is C14H9Cl2IN2OS. The van der Waals surface area contributed by atoms with Gasteiger partial charge in [0.25, 0.3) is 0 Å². The van der Waals surface area contributed by atoms with Gasteiger partial charge in [-0.25, -0.2) is 9.97 Å². The van der Waals surface area contributed by atoms with Crippen molar-refractivity contribution in [2.75, 3.05) is 7.11 Å². The molecule has 0 saturated heterocycles. The summed E-state index contributed by atoms with van der Waals surface area (Å²) in [5, 5.41) is 1.94. The second-order valence-corrected chi connectivity index (χ2v) is 7.90. The van der Waals surface area contributed by atoms with E-state index in [-0.39, 0.29) is 0 Å². The summed E-state index contributed by atoms with van der Waals surface area (Å²) in [5.41, 5.74) is 3.00. The van der Waals surface area contributed by atoms with Gasteiger partial charge >= 0.3 is 0 Å². The largest absolute Gasteiger partial charge is 0.495 e. The molecule has 0 atom stereocenters. The Morgan fingerprint density at radius 2 is 2.00 bits per heavy atom. The molecule has 0 bridgehead atoms. The van der Waals surface area contributed by atoms with E-state index in [1.54, 1.807) is 18.4 Å². The molecule has 0 unspecified atom stereocenters. The van der Waals surface area contributed by atoms with Gasteiger partial charge in [0.2, 0.25) is 0 Å². The molecule has 1 aromatic carbocycles. The highest BCUT2D eigenvalue weighted by Gasteiger charge is 2.20. The maximum atomic E-state index is 6.37. The lowest BCUT2D eigenvalue weighted by atomic mass is 10.0. The second kappa shape index (κ2) is 5.87. The summed E-state index contributed by atoms with van der Waals surface area (Å²) in [7, 11) is 1.61. The fourth-order valence-corrected chi connectivity index (χ4v) is 4.80. The van der Waals surface area contributed by atoms with Gasteiger partial charge in [-0.15, -0.1) is 11.3 Å². The van der Waals surface area contributed by atoms with Gasteiger partial charge in [-0.1, -0.05) is 29.3 Å². The average molecular weight is 451 g/mol. The maximum absolute atomic E-state index is 6.37. The number of hydrogen-bond acceptors (Lipinski definition) is 4. The lowest BCUT2D eigenvalue weighted by molar-refractivity contribution is 0.415. The summed E-state index contributed by atoms with van der Waals surface area (Å²) in [5.74, 6) is 0.662. The van der Waals surface area contributed by atoms with E-state index < -0.39 is 0 Å². The molecule has 0 N–H and O–H groups in total. The Balaban J connectivity index is 2.36. The molecule has 0 saturated carbocycles. The number of fused-ring (bicyclic) bond motifs is 1. The summed E-state index contributed by atoms with van der Waals surface area (Å²) in [4.78, 5) is 9.26. The molecule has 3 rings (SSSR count). The number of benzene rings is 1. The molecule has 7 heteroatoms. The minimum absolute atomic E-state index is 0.459. The number of thiophene rings is 1. The fraction of sp³-hybridized carbons (Fsp3) is 0.143. The predicted octanol–water partition coefficient (Wildman–Crippen LogP) is 5.59. The Morgan fingerprint density at radius 1 is 1.24 bits per heavy atom. The number of methoxy groups -OCH3 is 1. The molecule has 0 radical (unpaired) electrons. The Kier molecular flexibility index (Phi) is 4.27.